The van der Waals surface area contributed by atoms with Crippen LogP contribution in [-0.4, -0.2) is 0 Å². The third-order valence-corrected chi connectivity index (χ3v) is 5.75. The van der Waals surface area contributed by atoms with Crippen LogP contribution in [0.3, 0.4) is 0 Å². The van der Waals surface area contributed by atoms with Gasteiger partial charge in [0.1, 0.15) is 5.82 Å². The lowest BCUT2D eigenvalue weighted by Crippen LogP contribution is -2.29. The summed E-state index contributed by atoms with van der Waals surface area (Å²) < 4.78 is 13.2. The highest BCUT2D eigenvalue weighted by Crippen LogP contribution is 2.44. The summed E-state index contributed by atoms with van der Waals surface area (Å²) in [6.45, 7) is 0. The van der Waals surface area contributed by atoms with Crippen molar-refractivity contribution in [2.24, 2.45) is 5.92 Å². The summed E-state index contributed by atoms with van der Waals surface area (Å²) in [5.41, 5.74) is 2.74. The molecule has 1 aromatic carbocycles. The highest BCUT2D eigenvalue weighted by molar-refractivity contribution is 7.10. The van der Waals surface area contributed by atoms with Gasteiger partial charge in [0.05, 0.1) is 0 Å². The molecule has 1 fully saturated rings. The van der Waals surface area contributed by atoms with Gasteiger partial charge in [0.2, 0.25) is 0 Å². The van der Waals surface area contributed by atoms with E-state index in [1.54, 1.807) is 17.0 Å². The quantitative estimate of drug-likeness (QED) is 0.837. The van der Waals surface area contributed by atoms with Crippen molar-refractivity contribution in [2.45, 2.75) is 44.2 Å². The molecule has 2 unspecified atom stereocenters. The van der Waals surface area contributed by atoms with Gasteiger partial charge in [-0.25, -0.2) is 4.39 Å². The van der Waals surface area contributed by atoms with Crippen LogP contribution in [-0.2, 0) is 6.42 Å². The third kappa shape index (κ3) is 2.77. The van der Waals surface area contributed by atoms with Crippen LogP contribution >= 0.6 is 11.3 Å². The van der Waals surface area contributed by atoms with Crippen LogP contribution in [0.1, 0.15) is 53.8 Å². The van der Waals surface area contributed by atoms with E-state index in [2.05, 4.69) is 16.8 Å². The second kappa shape index (κ2) is 5.54. The molecule has 3 heteroatoms. The summed E-state index contributed by atoms with van der Waals surface area (Å²) in [6.07, 6.45) is 6.30. The zero-order chi connectivity index (χ0) is 14.2. The Morgan fingerprint density at radius 2 is 1.90 bits per heavy atom. The molecule has 1 aromatic heterocycles. The van der Waals surface area contributed by atoms with Crippen LogP contribution in [0.2, 0.25) is 0 Å². The fraction of sp³-hybridized carbons (Fsp3) is 0.444. The van der Waals surface area contributed by atoms with Gasteiger partial charge < -0.3 is 5.32 Å². The van der Waals surface area contributed by atoms with E-state index in [0.717, 1.165) is 5.92 Å². The molecule has 1 saturated carbocycles. The van der Waals surface area contributed by atoms with Crippen molar-refractivity contribution in [1.82, 2.24) is 5.32 Å². The first kappa shape index (κ1) is 13.5. The van der Waals surface area contributed by atoms with E-state index in [1.807, 2.05) is 23.5 Å². The van der Waals surface area contributed by atoms with Crippen molar-refractivity contribution in [3.8, 4) is 0 Å². The molecule has 1 heterocycles. The smallest absolute Gasteiger partial charge is 0.123 e. The molecule has 0 bridgehead atoms. The number of fused-ring (bicyclic) bond motifs is 1. The van der Waals surface area contributed by atoms with Crippen LogP contribution in [0.15, 0.2) is 35.7 Å². The van der Waals surface area contributed by atoms with E-state index in [9.17, 15) is 4.39 Å². The van der Waals surface area contributed by atoms with Crippen LogP contribution in [0, 0.1) is 11.7 Å². The van der Waals surface area contributed by atoms with Crippen LogP contribution in [0.4, 0.5) is 4.39 Å². The minimum Gasteiger partial charge on any atom is -0.303 e. The summed E-state index contributed by atoms with van der Waals surface area (Å²) in [5.74, 6) is 0.575. The van der Waals surface area contributed by atoms with Gasteiger partial charge in [-0.2, -0.15) is 0 Å². The Hall–Kier alpha value is -1.19. The maximum atomic E-state index is 13.2. The molecule has 4 rings (SSSR count). The van der Waals surface area contributed by atoms with Gasteiger partial charge in [-0.05, 0) is 72.7 Å². The molecular weight excluding hydrogens is 281 g/mol. The molecule has 0 saturated heterocycles. The average Bonchev–Trinajstić information content (AvgIpc) is 3.22. The van der Waals surface area contributed by atoms with Crippen LogP contribution in [0.25, 0.3) is 0 Å². The summed E-state index contributed by atoms with van der Waals surface area (Å²) in [5, 5.41) is 6.10. The predicted octanol–water partition coefficient (Wildman–Crippen LogP) is 5.01. The number of benzene rings is 1. The molecule has 21 heavy (non-hydrogen) atoms. The van der Waals surface area contributed by atoms with Gasteiger partial charge >= 0.3 is 0 Å². The van der Waals surface area contributed by atoms with E-state index in [0.29, 0.717) is 12.1 Å². The molecule has 2 aliphatic carbocycles. The lowest BCUT2D eigenvalue weighted by atomic mass is 9.91. The fourth-order valence-corrected chi connectivity index (χ4v) is 4.47. The Morgan fingerprint density at radius 1 is 1.10 bits per heavy atom. The SMILES string of the molecule is Fc1ccc(C(NC2CCCc3sccc32)C2CC2)cc1. The van der Waals surface area contributed by atoms with Crippen molar-refractivity contribution in [2.75, 3.05) is 0 Å². The summed E-state index contributed by atoms with van der Waals surface area (Å²) in [4.78, 5) is 1.55. The van der Waals surface area contributed by atoms with Gasteiger partial charge in [0.15, 0.2) is 0 Å². The molecule has 2 atom stereocenters. The lowest BCUT2D eigenvalue weighted by Gasteiger charge is -2.29. The van der Waals surface area contributed by atoms with Gasteiger partial charge in [-0.1, -0.05) is 12.1 Å². The summed E-state index contributed by atoms with van der Waals surface area (Å²) >= 11 is 1.89. The van der Waals surface area contributed by atoms with Gasteiger partial charge in [-0.15, -0.1) is 11.3 Å². The largest absolute Gasteiger partial charge is 0.303 e. The fourth-order valence-electron chi connectivity index (χ4n) is 3.48. The second-order valence-electron chi connectivity index (χ2n) is 6.28. The standard InChI is InChI=1S/C18H20FNS/c19-14-8-6-13(7-9-14)18(12-4-5-12)20-16-2-1-3-17-15(16)10-11-21-17/h6-12,16,18,20H,1-5H2. The zero-order valence-electron chi connectivity index (χ0n) is 12.0. The summed E-state index contributed by atoms with van der Waals surface area (Å²) in [7, 11) is 0. The Morgan fingerprint density at radius 3 is 2.67 bits per heavy atom. The number of nitrogens with one attached hydrogen (secondary N) is 1. The molecule has 0 radical (unpaired) electrons. The highest BCUT2D eigenvalue weighted by atomic mass is 32.1. The van der Waals surface area contributed by atoms with Gasteiger partial charge in [0.25, 0.3) is 0 Å². The molecule has 2 aromatic rings. The van der Waals surface area contributed by atoms with Crippen LogP contribution < -0.4 is 5.32 Å². The minimum atomic E-state index is -0.147. The third-order valence-electron chi connectivity index (χ3n) is 4.76. The summed E-state index contributed by atoms with van der Waals surface area (Å²) in [6, 6.07) is 10.2. The molecule has 0 aliphatic heterocycles. The number of hydrogen-bond donors (Lipinski definition) is 1. The van der Waals surface area contributed by atoms with Crippen molar-refractivity contribution in [3.05, 3.63) is 57.5 Å². The zero-order valence-corrected chi connectivity index (χ0v) is 12.8. The molecule has 1 N–H and O–H groups in total. The first-order chi connectivity index (χ1) is 10.3. The van der Waals surface area contributed by atoms with E-state index in [-0.39, 0.29) is 5.82 Å². The number of rotatable bonds is 4. The van der Waals surface area contributed by atoms with E-state index >= 15 is 0 Å². The number of aryl methyl sites for hydroxylation is 1. The predicted molar refractivity (Wildman–Crippen MR) is 85.0 cm³/mol. The highest BCUT2D eigenvalue weighted by Gasteiger charge is 2.34. The average molecular weight is 301 g/mol. The molecule has 1 nitrogen and oxygen atoms in total. The van der Waals surface area contributed by atoms with Crippen LogP contribution in [0.5, 0.6) is 0 Å². The maximum absolute atomic E-state index is 13.2. The van der Waals surface area contributed by atoms with Crippen molar-refractivity contribution < 1.29 is 4.39 Å². The second-order valence-corrected chi connectivity index (χ2v) is 7.28. The molecular formula is C18H20FNS. The van der Waals surface area contributed by atoms with Crippen molar-refractivity contribution in [1.29, 1.82) is 0 Å². The lowest BCUT2D eigenvalue weighted by molar-refractivity contribution is 0.376. The molecule has 110 valence electrons. The number of halogens is 1. The maximum Gasteiger partial charge on any atom is 0.123 e. The first-order valence-electron chi connectivity index (χ1n) is 7.89. The van der Waals surface area contributed by atoms with Gasteiger partial charge in [0, 0.05) is 17.0 Å². The first-order valence-corrected chi connectivity index (χ1v) is 8.77. The van der Waals surface area contributed by atoms with Gasteiger partial charge in [-0.3, -0.25) is 0 Å². The topological polar surface area (TPSA) is 12.0 Å². The Labute approximate surface area is 129 Å². The van der Waals surface area contributed by atoms with E-state index in [4.69, 9.17) is 0 Å². The number of thiophene rings is 1. The van der Waals surface area contributed by atoms with Crippen molar-refractivity contribution >= 4 is 11.3 Å². The Kier molecular flexibility index (Phi) is 3.56. The Bertz CT molecular complexity index is 614. The molecule has 2 aliphatic rings. The van der Waals surface area contributed by atoms with E-state index in [1.165, 1.54) is 43.2 Å². The monoisotopic (exact) mass is 301 g/mol. The molecule has 0 spiro atoms. The minimum absolute atomic E-state index is 0.147. The van der Waals surface area contributed by atoms with E-state index < -0.39 is 0 Å². The Balaban J connectivity index is 1.58. The number of hydrogen-bond acceptors (Lipinski definition) is 2. The normalized spacial score (nSPS) is 22.8. The molecule has 0 amide bonds. The van der Waals surface area contributed by atoms with Crippen molar-refractivity contribution in [3.63, 3.8) is 0 Å².